The maximum Gasteiger partial charge on any atom is 0.169 e. The molecule has 0 saturated heterocycles. The fourth-order valence-corrected chi connectivity index (χ4v) is 5.00. The molecule has 0 saturated carbocycles. The molecule has 9 nitrogen and oxygen atoms in total. The van der Waals surface area contributed by atoms with Crippen LogP contribution in [-0.4, -0.2) is 46.9 Å². The molecule has 0 aliphatic heterocycles. The number of Topliss-reactive ketones (excluding diaryl/α,β-unsaturated/α-hetero) is 1. The molecule has 36 heavy (non-hydrogen) atoms. The van der Waals surface area contributed by atoms with Gasteiger partial charge in [0.2, 0.25) is 0 Å². The highest BCUT2D eigenvalue weighted by Crippen LogP contribution is 2.34. The Morgan fingerprint density at radius 2 is 1.86 bits per heavy atom. The van der Waals surface area contributed by atoms with E-state index >= 15 is 0 Å². The van der Waals surface area contributed by atoms with Gasteiger partial charge in [-0.1, -0.05) is 0 Å². The summed E-state index contributed by atoms with van der Waals surface area (Å²) in [6.07, 6.45) is 5.34. The van der Waals surface area contributed by atoms with Crippen LogP contribution in [0.1, 0.15) is 30.4 Å². The molecule has 0 aromatic carbocycles. The van der Waals surface area contributed by atoms with E-state index in [4.69, 9.17) is 9.97 Å². The van der Waals surface area contributed by atoms with Crippen molar-refractivity contribution in [1.82, 2.24) is 35.1 Å². The second kappa shape index (κ2) is 8.65. The first-order valence-corrected chi connectivity index (χ1v) is 12.3. The molecule has 178 valence electrons. The molecule has 3 N–H and O–H groups in total. The van der Waals surface area contributed by atoms with Gasteiger partial charge in [0, 0.05) is 30.2 Å². The number of rotatable bonds is 6. The Hall–Kier alpha value is -4.44. The number of anilines is 1. The first-order chi connectivity index (χ1) is 17.5. The molecule has 6 aromatic rings. The maximum absolute atomic E-state index is 11.8. The average molecular weight is 495 g/mol. The van der Waals surface area contributed by atoms with Crippen molar-refractivity contribution in [2.75, 3.05) is 5.32 Å². The van der Waals surface area contributed by atoms with Gasteiger partial charge in [-0.15, -0.1) is 11.3 Å². The third-order valence-corrected chi connectivity index (χ3v) is 6.90. The van der Waals surface area contributed by atoms with Gasteiger partial charge in [-0.3, -0.25) is 19.9 Å². The highest BCUT2D eigenvalue weighted by Gasteiger charge is 2.18. The molecule has 0 aliphatic rings. The first kappa shape index (κ1) is 22.1. The summed E-state index contributed by atoms with van der Waals surface area (Å²) in [4.78, 5) is 35.4. The molecule has 10 heteroatoms. The molecule has 6 aromatic heterocycles. The van der Waals surface area contributed by atoms with Crippen LogP contribution in [0.4, 0.5) is 5.69 Å². The van der Waals surface area contributed by atoms with E-state index < -0.39 is 0 Å². The van der Waals surface area contributed by atoms with Crippen LogP contribution in [0.25, 0.3) is 55.4 Å². The van der Waals surface area contributed by atoms with Crippen LogP contribution < -0.4 is 5.32 Å². The lowest BCUT2D eigenvalue weighted by molar-refractivity contribution is 0.102. The van der Waals surface area contributed by atoms with Gasteiger partial charge in [0.05, 0.1) is 32.2 Å². The van der Waals surface area contributed by atoms with E-state index in [1.165, 1.54) is 11.3 Å². The van der Waals surface area contributed by atoms with Gasteiger partial charge < -0.3 is 10.3 Å². The van der Waals surface area contributed by atoms with Gasteiger partial charge in [-0.25, -0.2) is 9.97 Å². The Labute approximate surface area is 210 Å². The second-order valence-corrected chi connectivity index (χ2v) is 9.87. The standard InChI is InChI=1S/C26H22N8OS/c1-13(2)29-16-10-15(11-27-12-16)17-4-5-19-23(30-17)25(34-33-19)26-31-18-8-9-28-24(22(18)32-26)21-7-6-20(36-21)14(3)35/h4-13,29H,1-3H3,(H,31,32)(H,33,34). The van der Waals surface area contributed by atoms with E-state index in [9.17, 15) is 4.79 Å². The van der Waals surface area contributed by atoms with E-state index in [1.807, 2.05) is 36.4 Å². The highest BCUT2D eigenvalue weighted by atomic mass is 32.1. The molecule has 6 heterocycles. The average Bonchev–Trinajstić information content (AvgIpc) is 3.60. The fraction of sp³-hybridized carbons (Fsp3) is 0.154. The van der Waals surface area contributed by atoms with E-state index in [-0.39, 0.29) is 5.78 Å². The number of nitrogens with one attached hydrogen (secondary N) is 3. The normalized spacial score (nSPS) is 11.6. The van der Waals surface area contributed by atoms with Gasteiger partial charge in [0.25, 0.3) is 0 Å². The highest BCUT2D eigenvalue weighted by molar-refractivity contribution is 7.17. The van der Waals surface area contributed by atoms with E-state index in [0.717, 1.165) is 38.5 Å². The summed E-state index contributed by atoms with van der Waals surface area (Å²) in [6, 6.07) is 11.9. The number of fused-ring (bicyclic) bond motifs is 2. The Morgan fingerprint density at radius 3 is 2.67 bits per heavy atom. The number of aromatic amines is 2. The van der Waals surface area contributed by atoms with Gasteiger partial charge in [0.1, 0.15) is 16.7 Å². The minimum Gasteiger partial charge on any atom is -0.382 e. The summed E-state index contributed by atoms with van der Waals surface area (Å²) >= 11 is 1.41. The molecule has 0 unspecified atom stereocenters. The number of imidazole rings is 1. The first-order valence-electron chi connectivity index (χ1n) is 11.5. The van der Waals surface area contributed by atoms with Crippen LogP contribution >= 0.6 is 11.3 Å². The Kier molecular flexibility index (Phi) is 5.30. The van der Waals surface area contributed by atoms with Crippen molar-refractivity contribution in [3.63, 3.8) is 0 Å². The molecule has 0 radical (unpaired) electrons. The number of hydrogen-bond donors (Lipinski definition) is 3. The van der Waals surface area contributed by atoms with Crippen molar-refractivity contribution >= 4 is 44.9 Å². The zero-order valence-electron chi connectivity index (χ0n) is 19.8. The summed E-state index contributed by atoms with van der Waals surface area (Å²) in [5, 5.41) is 10.9. The summed E-state index contributed by atoms with van der Waals surface area (Å²) in [7, 11) is 0. The zero-order chi connectivity index (χ0) is 24.8. The molecule has 0 fully saturated rings. The van der Waals surface area contributed by atoms with E-state index in [0.29, 0.717) is 33.5 Å². The number of thiophene rings is 1. The SMILES string of the molecule is CC(=O)c1ccc(-c2nccc3[nH]c(-c4n[nH]c5ccc(-c6cncc(NC(C)C)c6)nc45)nc23)s1. The smallest absolute Gasteiger partial charge is 0.169 e. The number of nitrogens with zero attached hydrogens (tertiary/aromatic N) is 5. The molecule has 0 amide bonds. The van der Waals surface area contributed by atoms with Crippen LogP contribution in [0, 0.1) is 0 Å². The van der Waals surface area contributed by atoms with Gasteiger partial charge in [-0.2, -0.15) is 5.10 Å². The monoisotopic (exact) mass is 494 g/mol. The van der Waals surface area contributed by atoms with Gasteiger partial charge in [-0.05, 0) is 57.2 Å². The minimum absolute atomic E-state index is 0.0340. The van der Waals surface area contributed by atoms with Crippen molar-refractivity contribution in [3.8, 4) is 33.3 Å². The van der Waals surface area contributed by atoms with Crippen LogP contribution in [0.5, 0.6) is 0 Å². The molecule has 0 spiro atoms. The second-order valence-electron chi connectivity index (χ2n) is 8.79. The van der Waals surface area contributed by atoms with Crippen LogP contribution in [0.15, 0.2) is 55.0 Å². The summed E-state index contributed by atoms with van der Waals surface area (Å²) < 4.78 is 0. The predicted octanol–water partition coefficient (Wildman–Crippen LogP) is 5.71. The number of aromatic nitrogens is 7. The largest absolute Gasteiger partial charge is 0.382 e. The van der Waals surface area contributed by atoms with Gasteiger partial charge >= 0.3 is 0 Å². The van der Waals surface area contributed by atoms with E-state index in [1.54, 1.807) is 25.5 Å². The Bertz CT molecular complexity index is 1750. The Balaban J connectivity index is 1.43. The molecule has 0 atom stereocenters. The number of H-pyrrole nitrogens is 2. The number of carbonyl (C=O) groups excluding carboxylic acids is 1. The quantitative estimate of drug-likeness (QED) is 0.253. The Morgan fingerprint density at radius 1 is 1.00 bits per heavy atom. The van der Waals surface area contributed by atoms with Crippen molar-refractivity contribution in [1.29, 1.82) is 0 Å². The molecular weight excluding hydrogens is 472 g/mol. The number of ketones is 1. The molecule has 0 bridgehead atoms. The topological polar surface area (TPSA) is 125 Å². The predicted molar refractivity (Wildman–Crippen MR) is 142 cm³/mol. The third kappa shape index (κ3) is 3.91. The zero-order valence-corrected chi connectivity index (χ0v) is 20.6. The van der Waals surface area contributed by atoms with Crippen molar-refractivity contribution in [2.24, 2.45) is 0 Å². The van der Waals surface area contributed by atoms with Crippen molar-refractivity contribution in [3.05, 3.63) is 59.9 Å². The number of carbonyl (C=O) groups is 1. The van der Waals surface area contributed by atoms with E-state index in [2.05, 4.69) is 44.3 Å². The van der Waals surface area contributed by atoms with Crippen molar-refractivity contribution < 1.29 is 4.79 Å². The molecule has 0 aliphatic carbocycles. The van der Waals surface area contributed by atoms with Crippen molar-refractivity contribution in [2.45, 2.75) is 26.8 Å². The molecule has 6 rings (SSSR count). The van der Waals surface area contributed by atoms with Gasteiger partial charge in [0.15, 0.2) is 17.3 Å². The van der Waals surface area contributed by atoms with Crippen LogP contribution in [-0.2, 0) is 0 Å². The summed E-state index contributed by atoms with van der Waals surface area (Å²) in [5.74, 6) is 0.624. The number of pyridine rings is 3. The lowest BCUT2D eigenvalue weighted by atomic mass is 10.1. The molecular formula is C26H22N8OS. The summed E-state index contributed by atoms with van der Waals surface area (Å²) in [6.45, 7) is 5.74. The third-order valence-electron chi connectivity index (χ3n) is 5.71. The lowest BCUT2D eigenvalue weighted by Crippen LogP contribution is -2.09. The maximum atomic E-state index is 11.8. The lowest BCUT2D eigenvalue weighted by Gasteiger charge is -2.10. The minimum atomic E-state index is 0.0340. The van der Waals surface area contributed by atoms with Crippen LogP contribution in [0.2, 0.25) is 0 Å². The summed E-state index contributed by atoms with van der Waals surface area (Å²) in [5.41, 5.74) is 7.04. The fourth-order valence-electron chi connectivity index (χ4n) is 4.10. The number of hydrogen-bond acceptors (Lipinski definition) is 8. The van der Waals surface area contributed by atoms with Crippen LogP contribution in [0.3, 0.4) is 0 Å².